The Bertz CT molecular complexity index is 1550. The summed E-state index contributed by atoms with van der Waals surface area (Å²) in [5.41, 5.74) is 23.0. The third-order valence-corrected chi connectivity index (χ3v) is 11.5. The van der Waals surface area contributed by atoms with Crippen LogP contribution in [0.15, 0.2) is 0 Å². The van der Waals surface area contributed by atoms with Gasteiger partial charge in [-0.1, -0.05) is 26.7 Å². The summed E-state index contributed by atoms with van der Waals surface area (Å²) in [6.45, 7) is 4.72. The molecule has 0 bridgehead atoms. The van der Waals surface area contributed by atoms with Crippen LogP contribution in [0.2, 0.25) is 0 Å². The first kappa shape index (κ1) is 61.1. The number of carboxylic acid groups (broad SMARTS) is 1. The van der Waals surface area contributed by atoms with Gasteiger partial charge < -0.3 is 70.2 Å². The number of carbonyl (C=O) groups is 9. The molecule has 0 aromatic heterocycles. The molecule has 1 rings (SSSR count). The van der Waals surface area contributed by atoms with Crippen LogP contribution in [-0.4, -0.2) is 146 Å². The van der Waals surface area contributed by atoms with Crippen LogP contribution >= 0.6 is 0 Å². The van der Waals surface area contributed by atoms with E-state index in [4.69, 9.17) is 22.9 Å². The molecule has 8 amide bonds. The molecule has 0 saturated carbocycles. The molecule has 1 aliphatic rings. The van der Waals surface area contributed by atoms with Crippen LogP contribution in [0.5, 0.6) is 0 Å². The zero-order valence-electron chi connectivity index (χ0n) is 40.8. The molecule has 0 unspecified atom stereocenters. The summed E-state index contributed by atoms with van der Waals surface area (Å²) >= 11 is 0. The van der Waals surface area contributed by atoms with Gasteiger partial charge in [0.1, 0.15) is 30.2 Å². The van der Waals surface area contributed by atoms with Crippen molar-refractivity contribution in [2.45, 2.75) is 179 Å². The number of amides is 8. The van der Waals surface area contributed by atoms with Gasteiger partial charge in [0.05, 0.1) is 13.1 Å². The number of aliphatic carboxylic acids is 1. The molecule has 0 aromatic rings. The van der Waals surface area contributed by atoms with E-state index in [0.717, 1.165) is 0 Å². The first-order valence-electron chi connectivity index (χ1n) is 24.9. The van der Waals surface area contributed by atoms with Gasteiger partial charge in [-0.2, -0.15) is 0 Å². The van der Waals surface area contributed by atoms with Crippen molar-refractivity contribution in [2.24, 2.45) is 28.9 Å². The van der Waals surface area contributed by atoms with Crippen molar-refractivity contribution in [3.05, 3.63) is 0 Å². The van der Waals surface area contributed by atoms with Crippen LogP contribution in [0, 0.1) is 5.92 Å². The van der Waals surface area contributed by atoms with Gasteiger partial charge in [0.15, 0.2) is 0 Å². The average Bonchev–Trinajstić information content (AvgIpc) is 3.29. The number of nitrogens with two attached hydrogens (primary N) is 4. The lowest BCUT2D eigenvalue weighted by molar-refractivity contribution is -0.143. The van der Waals surface area contributed by atoms with Crippen LogP contribution in [0.1, 0.15) is 149 Å². The van der Waals surface area contributed by atoms with Gasteiger partial charge in [-0.15, -0.1) is 0 Å². The smallest absolute Gasteiger partial charge is 0.326 e. The fourth-order valence-electron chi connectivity index (χ4n) is 7.62. The Kier molecular flexibility index (Phi) is 33.3. The summed E-state index contributed by atoms with van der Waals surface area (Å²) in [6, 6.07) is -5.61. The molecule has 1 saturated heterocycles. The standard InChI is InChI=1S/C46H86N12O10/c1-32(2)29-37(46(67)68)57-43(64)34(18-8-12-24-48)54-41(62)31-58-28-16-4-3-15-27-51-40(61)30-52-38(59)21-5-6-22-39(60)53-33(17-7-11-23-47)42(63)55-35(19-9-13-25-49)44(65)56-36(45(58)66)20-10-14-26-50/h32-37H,3-31,47-50H2,1-2H3,(H,51,61)(H,52,59)(H,53,60)(H,54,62)(H,55,63)(H,56,65)(H,57,64)(H,67,68)/t33-,34-,35-,36-,37-/m0/s1. The van der Waals surface area contributed by atoms with Gasteiger partial charge in [-0.25, -0.2) is 4.79 Å². The van der Waals surface area contributed by atoms with E-state index in [9.17, 15) is 48.3 Å². The van der Waals surface area contributed by atoms with E-state index in [-0.39, 0.29) is 75.8 Å². The van der Waals surface area contributed by atoms with E-state index in [1.807, 2.05) is 13.8 Å². The molecular weight excluding hydrogens is 881 g/mol. The highest BCUT2D eigenvalue weighted by Crippen LogP contribution is 2.13. The highest BCUT2D eigenvalue weighted by molar-refractivity contribution is 5.96. The third kappa shape index (κ3) is 27.8. The van der Waals surface area contributed by atoms with Gasteiger partial charge in [0.25, 0.3) is 0 Å². The molecule has 1 heterocycles. The zero-order valence-corrected chi connectivity index (χ0v) is 40.8. The maximum absolute atomic E-state index is 14.7. The maximum Gasteiger partial charge on any atom is 0.326 e. The Hall–Kier alpha value is -4.93. The minimum Gasteiger partial charge on any atom is -0.480 e. The Morgan fingerprint density at radius 3 is 1.72 bits per heavy atom. The van der Waals surface area contributed by atoms with E-state index in [2.05, 4.69) is 37.2 Å². The van der Waals surface area contributed by atoms with Crippen molar-refractivity contribution in [2.75, 3.05) is 52.4 Å². The molecule has 68 heavy (non-hydrogen) atoms. The molecule has 22 nitrogen and oxygen atoms in total. The second-order valence-corrected chi connectivity index (χ2v) is 18.0. The summed E-state index contributed by atoms with van der Waals surface area (Å²) in [4.78, 5) is 122. The molecule has 0 aliphatic carbocycles. The summed E-state index contributed by atoms with van der Waals surface area (Å²) in [7, 11) is 0. The molecule has 390 valence electrons. The Balaban J connectivity index is 3.61. The molecular formula is C46H86N12O10. The molecule has 22 heteroatoms. The van der Waals surface area contributed by atoms with Crippen LogP contribution in [-0.2, 0) is 43.2 Å². The van der Waals surface area contributed by atoms with Crippen molar-refractivity contribution in [1.82, 2.24) is 42.1 Å². The molecule has 1 aliphatic heterocycles. The van der Waals surface area contributed by atoms with E-state index in [0.29, 0.717) is 123 Å². The normalized spacial score (nSPS) is 20.3. The summed E-state index contributed by atoms with van der Waals surface area (Å²) in [5.74, 6) is -5.57. The summed E-state index contributed by atoms with van der Waals surface area (Å²) < 4.78 is 0. The third-order valence-electron chi connectivity index (χ3n) is 11.5. The number of carbonyl (C=O) groups excluding carboxylic acids is 8. The zero-order chi connectivity index (χ0) is 50.7. The van der Waals surface area contributed by atoms with Gasteiger partial charge in [0.2, 0.25) is 47.3 Å². The van der Waals surface area contributed by atoms with E-state index < -0.39 is 78.2 Å². The van der Waals surface area contributed by atoms with Gasteiger partial charge in [-0.3, -0.25) is 38.4 Å². The lowest BCUT2D eigenvalue weighted by atomic mass is 10.0. The fraction of sp³-hybridized carbons (Fsp3) is 0.804. The lowest BCUT2D eigenvalue weighted by Gasteiger charge is -2.30. The molecule has 0 aromatic carbocycles. The summed E-state index contributed by atoms with van der Waals surface area (Å²) in [6.07, 6.45) is 8.05. The number of unbranched alkanes of at least 4 members (excludes halogenated alkanes) is 4. The van der Waals surface area contributed by atoms with E-state index in [1.165, 1.54) is 4.90 Å². The topological polar surface area (TPSA) is 365 Å². The number of hydrogen-bond acceptors (Lipinski definition) is 13. The van der Waals surface area contributed by atoms with Crippen molar-refractivity contribution in [3.8, 4) is 0 Å². The summed E-state index contributed by atoms with van der Waals surface area (Å²) in [5, 5.41) is 28.9. The monoisotopic (exact) mass is 967 g/mol. The number of nitrogens with one attached hydrogen (secondary N) is 7. The minimum absolute atomic E-state index is 0.0294. The van der Waals surface area contributed by atoms with Gasteiger partial charge >= 0.3 is 5.97 Å². The maximum atomic E-state index is 14.7. The SMILES string of the molecule is CC(C)C[C@H](NC(=O)[C@H](CCCCN)NC(=O)CN1CCCCCCNC(=O)CNC(=O)CCCCC(=O)N[C@@H](CCCCN)C(=O)N[C@@H](CCCCN)C(=O)N[C@@H](CCCCN)C1=O)C(=O)O. The Labute approximate surface area is 402 Å². The number of nitrogens with zero attached hydrogens (tertiary/aromatic N) is 1. The minimum atomic E-state index is -1.21. The second-order valence-electron chi connectivity index (χ2n) is 18.0. The van der Waals surface area contributed by atoms with Crippen molar-refractivity contribution in [3.63, 3.8) is 0 Å². The predicted molar refractivity (Wildman–Crippen MR) is 258 cm³/mol. The van der Waals surface area contributed by atoms with Crippen molar-refractivity contribution >= 4 is 53.2 Å². The number of hydrogen-bond donors (Lipinski definition) is 12. The largest absolute Gasteiger partial charge is 0.480 e. The predicted octanol–water partition coefficient (Wildman–Crippen LogP) is -0.748. The van der Waals surface area contributed by atoms with Crippen LogP contribution in [0.3, 0.4) is 0 Å². The highest BCUT2D eigenvalue weighted by atomic mass is 16.4. The first-order chi connectivity index (χ1) is 32.6. The average molecular weight is 967 g/mol. The van der Waals surface area contributed by atoms with Gasteiger partial charge in [0, 0.05) is 25.9 Å². The second kappa shape index (κ2) is 37.0. The quantitative estimate of drug-likeness (QED) is 0.0530. The van der Waals surface area contributed by atoms with Crippen molar-refractivity contribution in [1.29, 1.82) is 0 Å². The van der Waals surface area contributed by atoms with Crippen LogP contribution in [0.25, 0.3) is 0 Å². The fourth-order valence-corrected chi connectivity index (χ4v) is 7.62. The first-order valence-corrected chi connectivity index (χ1v) is 24.9. The lowest BCUT2D eigenvalue weighted by Crippen LogP contribution is -2.58. The van der Waals surface area contributed by atoms with Crippen LogP contribution < -0.4 is 60.2 Å². The van der Waals surface area contributed by atoms with Crippen LogP contribution in [0.4, 0.5) is 0 Å². The van der Waals surface area contributed by atoms with E-state index in [1.54, 1.807) is 0 Å². The highest BCUT2D eigenvalue weighted by Gasteiger charge is 2.33. The molecule has 1 fully saturated rings. The molecule has 0 radical (unpaired) electrons. The number of carboxylic acids is 1. The van der Waals surface area contributed by atoms with Gasteiger partial charge in [-0.05, 0) is 141 Å². The van der Waals surface area contributed by atoms with Crippen molar-refractivity contribution < 1.29 is 48.3 Å². The number of rotatable bonds is 24. The Morgan fingerprint density at radius 1 is 0.618 bits per heavy atom. The molecule has 5 atom stereocenters. The molecule has 0 spiro atoms. The Morgan fingerprint density at radius 2 is 1.15 bits per heavy atom. The molecule has 16 N–H and O–H groups in total. The van der Waals surface area contributed by atoms with E-state index >= 15 is 0 Å².